The summed E-state index contributed by atoms with van der Waals surface area (Å²) in [5, 5.41) is 0. The molecule has 0 heterocycles. The van der Waals surface area contributed by atoms with Crippen LogP contribution in [0, 0.1) is 0 Å². The third-order valence-electron chi connectivity index (χ3n) is 1.85. The smallest absolute Gasteiger partial charge is 0.418 e. The van der Waals surface area contributed by atoms with Gasteiger partial charge < -0.3 is 4.74 Å². The van der Waals surface area contributed by atoms with Crippen LogP contribution in [-0.2, 0) is 10.2 Å². The Morgan fingerprint density at radius 1 is 1.23 bits per heavy atom. The number of hydrogen-bond acceptors (Lipinski definition) is 2. The van der Waals surface area contributed by atoms with Gasteiger partial charge in [-0.25, -0.2) is 4.79 Å². The quantitative estimate of drug-likeness (QED) is 0.693. The normalized spacial score (nSPS) is 11.0. The summed E-state index contributed by atoms with van der Waals surface area (Å²) in [7, 11) is 0. The largest absolute Gasteiger partial charge is 0.423 e. The van der Waals surface area contributed by atoms with Gasteiger partial charge in [-0.2, -0.15) is 0 Å². The molecule has 0 amide bonds. The third-order valence-corrected chi connectivity index (χ3v) is 1.85. The van der Waals surface area contributed by atoms with Crippen molar-refractivity contribution in [3.63, 3.8) is 0 Å². The van der Waals surface area contributed by atoms with E-state index < -0.39 is 0 Å². The second kappa shape index (κ2) is 3.60. The molecule has 0 aliphatic rings. The molecule has 0 atom stereocenters. The number of carbonyl (C=O) groups excluding carboxylic acids is 1. The van der Waals surface area contributed by atoms with Crippen LogP contribution in [0.25, 0.3) is 0 Å². The maximum Gasteiger partial charge on any atom is 0.423 e. The standard InChI is InChI=1S/C11H13O2/c1-11(2,3)9-6-4-5-7-10(9)13-8-12/h4-7H,1-3H3. The Morgan fingerprint density at radius 3 is 2.38 bits per heavy atom. The Labute approximate surface area is 78.5 Å². The summed E-state index contributed by atoms with van der Waals surface area (Å²) in [5.41, 5.74) is 0.992. The lowest BCUT2D eigenvalue weighted by molar-refractivity contribution is 0.431. The molecule has 0 spiro atoms. The minimum absolute atomic E-state index is 0.0204. The van der Waals surface area contributed by atoms with E-state index in [2.05, 4.69) is 20.8 Å². The molecular weight excluding hydrogens is 164 g/mol. The van der Waals surface area contributed by atoms with Crippen molar-refractivity contribution in [2.45, 2.75) is 26.2 Å². The van der Waals surface area contributed by atoms with Crippen molar-refractivity contribution >= 4 is 6.47 Å². The lowest BCUT2D eigenvalue weighted by Crippen LogP contribution is -2.12. The molecule has 69 valence electrons. The summed E-state index contributed by atoms with van der Waals surface area (Å²) in [5.74, 6) is 0.588. The maximum atomic E-state index is 10.1. The Hall–Kier alpha value is -1.31. The first kappa shape index (κ1) is 9.78. The first-order valence-electron chi connectivity index (χ1n) is 4.19. The molecule has 0 saturated heterocycles. The molecule has 0 bridgehead atoms. The van der Waals surface area contributed by atoms with Crippen molar-refractivity contribution in [3.8, 4) is 5.75 Å². The predicted octanol–water partition coefficient (Wildman–Crippen LogP) is 2.43. The fourth-order valence-corrected chi connectivity index (χ4v) is 1.22. The van der Waals surface area contributed by atoms with Crippen molar-refractivity contribution in [1.29, 1.82) is 0 Å². The zero-order valence-corrected chi connectivity index (χ0v) is 8.13. The molecule has 1 aromatic rings. The predicted molar refractivity (Wildman–Crippen MR) is 51.5 cm³/mol. The van der Waals surface area contributed by atoms with Crippen LogP contribution < -0.4 is 4.74 Å². The van der Waals surface area contributed by atoms with Crippen molar-refractivity contribution in [3.05, 3.63) is 29.8 Å². The average Bonchev–Trinajstić information content (AvgIpc) is 2.04. The number of hydrogen-bond donors (Lipinski definition) is 0. The van der Waals surface area contributed by atoms with Crippen molar-refractivity contribution in [2.24, 2.45) is 0 Å². The van der Waals surface area contributed by atoms with E-state index >= 15 is 0 Å². The molecule has 2 nitrogen and oxygen atoms in total. The molecule has 1 aromatic carbocycles. The van der Waals surface area contributed by atoms with Gasteiger partial charge in [0, 0.05) is 5.56 Å². The molecule has 1 radical (unpaired) electrons. The second-order valence-electron chi connectivity index (χ2n) is 3.93. The van der Waals surface area contributed by atoms with E-state index in [0.29, 0.717) is 5.75 Å². The van der Waals surface area contributed by atoms with Crippen LogP contribution in [0.4, 0.5) is 0 Å². The molecule has 0 unspecified atom stereocenters. The van der Waals surface area contributed by atoms with Crippen LogP contribution in [0.5, 0.6) is 5.75 Å². The van der Waals surface area contributed by atoms with Gasteiger partial charge in [-0.1, -0.05) is 39.0 Å². The van der Waals surface area contributed by atoms with Gasteiger partial charge in [-0.05, 0) is 11.5 Å². The molecule has 0 saturated carbocycles. The van der Waals surface area contributed by atoms with E-state index in [9.17, 15) is 4.79 Å². The van der Waals surface area contributed by atoms with Crippen LogP contribution >= 0.6 is 0 Å². The third kappa shape index (κ3) is 2.31. The molecule has 0 aliphatic carbocycles. The van der Waals surface area contributed by atoms with Gasteiger partial charge in [-0.15, -0.1) is 0 Å². The molecule has 0 aromatic heterocycles. The molecule has 0 N–H and O–H groups in total. The van der Waals surface area contributed by atoms with Crippen LogP contribution in [0.15, 0.2) is 24.3 Å². The van der Waals surface area contributed by atoms with Crippen LogP contribution in [0.3, 0.4) is 0 Å². The highest BCUT2D eigenvalue weighted by Crippen LogP contribution is 2.30. The lowest BCUT2D eigenvalue weighted by Gasteiger charge is -2.20. The van der Waals surface area contributed by atoms with Gasteiger partial charge in [0.1, 0.15) is 5.75 Å². The van der Waals surface area contributed by atoms with E-state index in [-0.39, 0.29) is 5.41 Å². The highest BCUT2D eigenvalue weighted by Gasteiger charge is 2.18. The zero-order chi connectivity index (χ0) is 9.90. The molecule has 0 fully saturated rings. The van der Waals surface area contributed by atoms with Crippen LogP contribution in [0.2, 0.25) is 0 Å². The van der Waals surface area contributed by atoms with Crippen LogP contribution in [0.1, 0.15) is 26.3 Å². The van der Waals surface area contributed by atoms with E-state index in [1.807, 2.05) is 18.2 Å². The summed E-state index contributed by atoms with van der Waals surface area (Å²) in [6, 6.07) is 7.48. The van der Waals surface area contributed by atoms with Gasteiger partial charge in [0.15, 0.2) is 0 Å². The zero-order valence-electron chi connectivity index (χ0n) is 8.13. The van der Waals surface area contributed by atoms with E-state index in [4.69, 9.17) is 4.74 Å². The summed E-state index contributed by atoms with van der Waals surface area (Å²) in [4.78, 5) is 10.1. The van der Waals surface area contributed by atoms with Crippen LogP contribution in [-0.4, -0.2) is 6.47 Å². The molecule has 2 heteroatoms. The maximum absolute atomic E-state index is 10.1. The topological polar surface area (TPSA) is 26.3 Å². The Kier molecular flexibility index (Phi) is 2.71. The minimum Gasteiger partial charge on any atom is -0.418 e. The Bertz CT molecular complexity index is 297. The highest BCUT2D eigenvalue weighted by atomic mass is 16.5. The van der Waals surface area contributed by atoms with E-state index in [1.165, 1.54) is 6.47 Å². The van der Waals surface area contributed by atoms with Crippen molar-refractivity contribution < 1.29 is 9.53 Å². The number of para-hydroxylation sites is 1. The summed E-state index contributed by atoms with van der Waals surface area (Å²) < 4.78 is 4.76. The van der Waals surface area contributed by atoms with Gasteiger partial charge >= 0.3 is 6.47 Å². The van der Waals surface area contributed by atoms with Crippen molar-refractivity contribution in [1.82, 2.24) is 0 Å². The molecule has 13 heavy (non-hydrogen) atoms. The van der Waals surface area contributed by atoms with Gasteiger partial charge in [0.05, 0.1) is 0 Å². The lowest BCUT2D eigenvalue weighted by atomic mass is 9.86. The summed E-state index contributed by atoms with van der Waals surface area (Å²) >= 11 is 0. The molecule has 0 aliphatic heterocycles. The van der Waals surface area contributed by atoms with E-state index in [1.54, 1.807) is 6.07 Å². The SMILES string of the molecule is CC(C)(C)c1ccccc1O[C]=O. The monoisotopic (exact) mass is 177 g/mol. The Morgan fingerprint density at radius 2 is 1.85 bits per heavy atom. The molecular formula is C11H13O2. The molecule has 1 rings (SSSR count). The first-order valence-corrected chi connectivity index (χ1v) is 4.19. The number of ether oxygens (including phenoxy) is 1. The van der Waals surface area contributed by atoms with Gasteiger partial charge in [0.2, 0.25) is 0 Å². The second-order valence-corrected chi connectivity index (χ2v) is 3.93. The fourth-order valence-electron chi connectivity index (χ4n) is 1.22. The Balaban J connectivity index is 3.11. The van der Waals surface area contributed by atoms with Gasteiger partial charge in [0.25, 0.3) is 0 Å². The van der Waals surface area contributed by atoms with Gasteiger partial charge in [-0.3, -0.25) is 0 Å². The fraction of sp³-hybridized carbons (Fsp3) is 0.364. The summed E-state index contributed by atoms with van der Waals surface area (Å²) in [6.45, 7) is 7.65. The summed E-state index contributed by atoms with van der Waals surface area (Å²) in [6.07, 6.45) is 0. The van der Waals surface area contributed by atoms with Crippen molar-refractivity contribution in [2.75, 3.05) is 0 Å². The van der Waals surface area contributed by atoms with E-state index in [0.717, 1.165) is 5.56 Å². The first-order chi connectivity index (χ1) is 6.05. The highest BCUT2D eigenvalue weighted by molar-refractivity contribution is 5.50. The number of benzene rings is 1. The average molecular weight is 177 g/mol. The number of rotatable bonds is 2. The minimum atomic E-state index is -0.0204.